The summed E-state index contributed by atoms with van der Waals surface area (Å²) in [6.07, 6.45) is 1.11. The van der Waals surface area contributed by atoms with Gasteiger partial charge in [-0.25, -0.2) is 0 Å². The number of hydrogen-bond donors (Lipinski definition) is 2. The van der Waals surface area contributed by atoms with Crippen LogP contribution in [0.25, 0.3) is 10.9 Å². The average Bonchev–Trinajstić information content (AvgIpc) is 2.56. The van der Waals surface area contributed by atoms with Crippen molar-refractivity contribution < 1.29 is 4.74 Å². The summed E-state index contributed by atoms with van der Waals surface area (Å²) in [5, 5.41) is 4.18. The van der Waals surface area contributed by atoms with Crippen LogP contribution in [-0.4, -0.2) is 49.3 Å². The van der Waals surface area contributed by atoms with E-state index in [4.69, 9.17) is 4.74 Å². The van der Waals surface area contributed by atoms with Crippen LogP contribution in [0.1, 0.15) is 17.7 Å². The second kappa shape index (κ2) is 7.73. The van der Waals surface area contributed by atoms with Gasteiger partial charge in [0.15, 0.2) is 5.43 Å². The largest absolute Gasteiger partial charge is 0.379 e. The predicted octanol–water partition coefficient (Wildman–Crippen LogP) is 1.65. The van der Waals surface area contributed by atoms with Crippen LogP contribution in [0.3, 0.4) is 0 Å². The number of morpholine rings is 1. The third kappa shape index (κ3) is 4.41. The Balaban J connectivity index is 1.49. The van der Waals surface area contributed by atoms with Crippen LogP contribution >= 0.6 is 0 Å². The van der Waals surface area contributed by atoms with Crippen molar-refractivity contribution >= 4 is 10.9 Å². The molecule has 0 unspecified atom stereocenters. The molecule has 0 aliphatic carbocycles. The maximum atomic E-state index is 12.2. The number of rotatable bonds is 6. The Hall–Kier alpha value is -1.69. The topological polar surface area (TPSA) is 57.4 Å². The van der Waals surface area contributed by atoms with Crippen molar-refractivity contribution in [2.45, 2.75) is 19.9 Å². The standard InChI is InChI=1S/C18H25N3O2/c1-14-3-4-17-16(11-14)18(22)12-15(20-17)13-19-5-2-6-21-7-9-23-10-8-21/h3-4,11-12,19H,2,5-10,13H2,1H3,(H,20,22). The molecule has 1 saturated heterocycles. The first-order chi connectivity index (χ1) is 11.2. The molecule has 2 N–H and O–H groups in total. The molecule has 3 rings (SSSR count). The second-order valence-electron chi connectivity index (χ2n) is 6.19. The van der Waals surface area contributed by atoms with Crippen LogP contribution in [-0.2, 0) is 11.3 Å². The van der Waals surface area contributed by atoms with Crippen LogP contribution in [0, 0.1) is 6.92 Å². The van der Waals surface area contributed by atoms with E-state index in [2.05, 4.69) is 15.2 Å². The van der Waals surface area contributed by atoms with Gasteiger partial charge in [0.25, 0.3) is 0 Å². The molecule has 1 aliphatic rings. The van der Waals surface area contributed by atoms with Crippen LogP contribution in [0.4, 0.5) is 0 Å². The SMILES string of the molecule is Cc1ccc2[nH]c(CNCCCN3CCOCC3)cc(=O)c2c1. The quantitative estimate of drug-likeness (QED) is 0.796. The molecule has 0 radical (unpaired) electrons. The third-order valence-electron chi connectivity index (χ3n) is 4.29. The number of fused-ring (bicyclic) bond motifs is 1. The number of aryl methyl sites for hydroxylation is 1. The molecule has 0 atom stereocenters. The normalized spacial score (nSPS) is 16.0. The molecule has 0 bridgehead atoms. The Morgan fingerprint density at radius 3 is 2.91 bits per heavy atom. The number of nitrogens with one attached hydrogen (secondary N) is 2. The Labute approximate surface area is 136 Å². The van der Waals surface area contributed by atoms with E-state index in [1.165, 1.54) is 0 Å². The fourth-order valence-corrected chi connectivity index (χ4v) is 2.99. The lowest BCUT2D eigenvalue weighted by molar-refractivity contribution is 0.0374. The number of aromatic amines is 1. The van der Waals surface area contributed by atoms with Gasteiger partial charge in [0, 0.05) is 42.3 Å². The van der Waals surface area contributed by atoms with Gasteiger partial charge in [0.1, 0.15) is 0 Å². The van der Waals surface area contributed by atoms with Crippen LogP contribution in [0.5, 0.6) is 0 Å². The smallest absolute Gasteiger partial charge is 0.189 e. The second-order valence-corrected chi connectivity index (χ2v) is 6.19. The maximum Gasteiger partial charge on any atom is 0.189 e. The Kier molecular flexibility index (Phi) is 5.43. The molecule has 1 aromatic carbocycles. The number of H-pyrrole nitrogens is 1. The van der Waals surface area contributed by atoms with Gasteiger partial charge in [-0.1, -0.05) is 11.6 Å². The van der Waals surface area contributed by atoms with Gasteiger partial charge in [0.2, 0.25) is 0 Å². The fraction of sp³-hybridized carbons (Fsp3) is 0.500. The molecule has 23 heavy (non-hydrogen) atoms. The number of benzene rings is 1. The summed E-state index contributed by atoms with van der Waals surface area (Å²) in [4.78, 5) is 18.0. The summed E-state index contributed by atoms with van der Waals surface area (Å²) < 4.78 is 5.35. The number of hydrogen-bond acceptors (Lipinski definition) is 4. The molecule has 1 aliphatic heterocycles. The van der Waals surface area contributed by atoms with Crippen molar-refractivity contribution in [3.05, 3.63) is 45.7 Å². The zero-order valence-corrected chi connectivity index (χ0v) is 13.7. The summed E-state index contributed by atoms with van der Waals surface area (Å²) in [7, 11) is 0. The highest BCUT2D eigenvalue weighted by Gasteiger charge is 2.09. The Bertz CT molecular complexity index is 705. The van der Waals surface area contributed by atoms with Crippen molar-refractivity contribution in [2.24, 2.45) is 0 Å². The molecule has 2 aromatic rings. The first-order valence-corrected chi connectivity index (χ1v) is 8.36. The Morgan fingerprint density at radius 1 is 1.26 bits per heavy atom. The lowest BCUT2D eigenvalue weighted by Crippen LogP contribution is -2.37. The summed E-state index contributed by atoms with van der Waals surface area (Å²) >= 11 is 0. The number of nitrogens with zero attached hydrogens (tertiary/aromatic N) is 1. The van der Waals surface area contributed by atoms with Gasteiger partial charge < -0.3 is 15.0 Å². The molecule has 0 spiro atoms. The van der Waals surface area contributed by atoms with E-state index in [9.17, 15) is 4.79 Å². The molecular formula is C18H25N3O2. The van der Waals surface area contributed by atoms with Gasteiger partial charge in [-0.05, 0) is 38.6 Å². The van der Waals surface area contributed by atoms with Crippen LogP contribution in [0.15, 0.2) is 29.1 Å². The number of ether oxygens (including phenoxy) is 1. The minimum atomic E-state index is 0.0903. The van der Waals surface area contributed by atoms with Gasteiger partial charge in [-0.3, -0.25) is 9.69 Å². The van der Waals surface area contributed by atoms with Gasteiger partial charge in [0.05, 0.1) is 13.2 Å². The summed E-state index contributed by atoms with van der Waals surface area (Å²) in [5.74, 6) is 0. The zero-order valence-electron chi connectivity index (χ0n) is 13.7. The highest BCUT2D eigenvalue weighted by molar-refractivity contribution is 5.79. The van der Waals surface area contributed by atoms with Crippen molar-refractivity contribution in [3.63, 3.8) is 0 Å². The highest BCUT2D eigenvalue weighted by atomic mass is 16.5. The molecule has 1 aromatic heterocycles. The maximum absolute atomic E-state index is 12.2. The van der Waals surface area contributed by atoms with Gasteiger partial charge in [-0.2, -0.15) is 0 Å². The first-order valence-electron chi connectivity index (χ1n) is 8.36. The van der Waals surface area contributed by atoms with E-state index in [0.29, 0.717) is 6.54 Å². The Morgan fingerprint density at radius 2 is 2.09 bits per heavy atom. The lowest BCUT2D eigenvalue weighted by atomic mass is 10.1. The minimum Gasteiger partial charge on any atom is -0.379 e. The summed E-state index contributed by atoms with van der Waals surface area (Å²) in [5.41, 5.74) is 3.05. The lowest BCUT2D eigenvalue weighted by Gasteiger charge is -2.26. The fourth-order valence-electron chi connectivity index (χ4n) is 2.99. The van der Waals surface area contributed by atoms with E-state index in [-0.39, 0.29) is 5.43 Å². The molecular weight excluding hydrogens is 290 g/mol. The molecule has 124 valence electrons. The first kappa shape index (κ1) is 16.2. The van der Waals surface area contributed by atoms with Crippen molar-refractivity contribution in [1.82, 2.24) is 15.2 Å². The zero-order chi connectivity index (χ0) is 16.1. The number of pyridine rings is 1. The van der Waals surface area contributed by atoms with E-state index in [0.717, 1.165) is 68.0 Å². The highest BCUT2D eigenvalue weighted by Crippen LogP contribution is 2.10. The monoisotopic (exact) mass is 315 g/mol. The van der Waals surface area contributed by atoms with Gasteiger partial charge in [-0.15, -0.1) is 0 Å². The molecule has 5 nitrogen and oxygen atoms in total. The third-order valence-corrected chi connectivity index (χ3v) is 4.29. The van der Waals surface area contributed by atoms with Crippen LogP contribution in [0.2, 0.25) is 0 Å². The summed E-state index contributed by atoms with van der Waals surface area (Å²) in [6, 6.07) is 7.65. The van der Waals surface area contributed by atoms with Gasteiger partial charge >= 0.3 is 0 Å². The van der Waals surface area contributed by atoms with E-state index in [1.807, 2.05) is 25.1 Å². The van der Waals surface area contributed by atoms with Crippen LogP contribution < -0.4 is 10.7 Å². The summed E-state index contributed by atoms with van der Waals surface area (Å²) in [6.45, 7) is 8.53. The van der Waals surface area contributed by atoms with E-state index >= 15 is 0 Å². The minimum absolute atomic E-state index is 0.0903. The van der Waals surface area contributed by atoms with Crippen molar-refractivity contribution in [1.29, 1.82) is 0 Å². The molecule has 5 heteroatoms. The number of aromatic nitrogens is 1. The van der Waals surface area contributed by atoms with Crippen molar-refractivity contribution in [2.75, 3.05) is 39.4 Å². The predicted molar refractivity (Wildman–Crippen MR) is 92.9 cm³/mol. The molecule has 1 fully saturated rings. The molecule has 2 heterocycles. The molecule has 0 saturated carbocycles. The molecule has 0 amide bonds. The van der Waals surface area contributed by atoms with E-state index < -0.39 is 0 Å². The average molecular weight is 315 g/mol. The van der Waals surface area contributed by atoms with E-state index in [1.54, 1.807) is 6.07 Å². The van der Waals surface area contributed by atoms with Crippen molar-refractivity contribution in [3.8, 4) is 0 Å².